The van der Waals surface area contributed by atoms with E-state index in [4.69, 9.17) is 5.21 Å². The summed E-state index contributed by atoms with van der Waals surface area (Å²) in [7, 11) is 0. The molecular weight excluding hydrogens is 210 g/mol. The highest BCUT2D eigenvalue weighted by molar-refractivity contribution is 7.99. The van der Waals surface area contributed by atoms with Gasteiger partial charge in [-0.25, -0.2) is 9.98 Å². The van der Waals surface area contributed by atoms with Gasteiger partial charge in [0.2, 0.25) is 0 Å². The number of hydrogen-bond donors (Lipinski definition) is 2. The fourth-order valence-corrected chi connectivity index (χ4v) is 1.75. The maximum Gasteiger partial charge on any atom is 0.113 e. The van der Waals surface area contributed by atoms with Crippen molar-refractivity contribution in [1.29, 1.82) is 0 Å². The summed E-state index contributed by atoms with van der Waals surface area (Å²) in [6.45, 7) is 4.33. The molecule has 0 saturated carbocycles. The van der Waals surface area contributed by atoms with Gasteiger partial charge in [0, 0.05) is 5.25 Å². The van der Waals surface area contributed by atoms with E-state index in [-0.39, 0.29) is 0 Å². The summed E-state index contributed by atoms with van der Waals surface area (Å²) >= 11 is 1.75. The van der Waals surface area contributed by atoms with E-state index >= 15 is 0 Å². The van der Waals surface area contributed by atoms with Gasteiger partial charge in [-0.15, -0.1) is 11.8 Å². The zero-order valence-electron chi connectivity index (χ0n) is 8.84. The van der Waals surface area contributed by atoms with Crippen LogP contribution in [0.1, 0.15) is 20.3 Å². The minimum atomic E-state index is 0.575. The van der Waals surface area contributed by atoms with Gasteiger partial charge in [-0.1, -0.05) is 13.8 Å². The number of pyridine rings is 1. The second kappa shape index (κ2) is 6.42. The monoisotopic (exact) mass is 225 g/mol. The highest BCUT2D eigenvalue weighted by Crippen LogP contribution is 2.24. The average molecular weight is 225 g/mol. The summed E-state index contributed by atoms with van der Waals surface area (Å²) in [6, 6.07) is 3.80. The van der Waals surface area contributed by atoms with E-state index in [1.807, 2.05) is 17.6 Å². The first-order chi connectivity index (χ1) is 7.26. The van der Waals surface area contributed by atoms with Crippen LogP contribution in [0.15, 0.2) is 28.3 Å². The van der Waals surface area contributed by atoms with E-state index in [0.29, 0.717) is 10.9 Å². The summed E-state index contributed by atoms with van der Waals surface area (Å²) in [6.07, 6.45) is 4.01. The van der Waals surface area contributed by atoms with Crippen LogP contribution in [0.5, 0.6) is 0 Å². The van der Waals surface area contributed by atoms with Crippen LogP contribution in [0, 0.1) is 0 Å². The molecule has 0 saturated heterocycles. The third-order valence-corrected chi connectivity index (χ3v) is 3.11. The van der Waals surface area contributed by atoms with Gasteiger partial charge in [0.25, 0.3) is 0 Å². The lowest BCUT2D eigenvalue weighted by molar-refractivity contribution is 0.240. The Morgan fingerprint density at radius 3 is 3.00 bits per heavy atom. The Kier molecular flexibility index (Phi) is 5.14. The lowest BCUT2D eigenvalue weighted by Crippen LogP contribution is -2.00. The topological polar surface area (TPSA) is 57.5 Å². The Morgan fingerprint density at radius 1 is 1.67 bits per heavy atom. The molecule has 0 aromatic carbocycles. The summed E-state index contributed by atoms with van der Waals surface area (Å²) in [5, 5.41) is 9.88. The van der Waals surface area contributed by atoms with Crippen molar-refractivity contribution in [3.8, 4) is 0 Å². The van der Waals surface area contributed by atoms with E-state index in [9.17, 15) is 0 Å². The fraction of sp³-hybridized carbons (Fsp3) is 0.400. The molecule has 1 heterocycles. The van der Waals surface area contributed by atoms with Crippen LogP contribution < -0.4 is 5.48 Å². The van der Waals surface area contributed by atoms with E-state index < -0.39 is 0 Å². The second-order valence-electron chi connectivity index (χ2n) is 3.08. The Balaban J connectivity index is 2.60. The molecule has 15 heavy (non-hydrogen) atoms. The Labute approximate surface area is 93.8 Å². The minimum absolute atomic E-state index is 0.575. The maximum absolute atomic E-state index is 8.31. The molecule has 0 fully saturated rings. The number of nitrogens with zero attached hydrogens (tertiary/aromatic N) is 2. The van der Waals surface area contributed by atoms with Crippen molar-refractivity contribution >= 4 is 23.8 Å². The number of aromatic nitrogens is 1. The number of rotatable bonds is 5. The lowest BCUT2D eigenvalue weighted by atomic mass is 10.4. The Morgan fingerprint density at radius 2 is 2.47 bits per heavy atom. The van der Waals surface area contributed by atoms with Gasteiger partial charge in [0.15, 0.2) is 0 Å². The molecule has 1 aromatic rings. The van der Waals surface area contributed by atoms with Crippen molar-refractivity contribution < 1.29 is 5.21 Å². The third-order valence-electron chi connectivity index (χ3n) is 1.89. The molecule has 1 aromatic heterocycles. The van der Waals surface area contributed by atoms with Crippen molar-refractivity contribution in [3.05, 3.63) is 18.3 Å². The summed E-state index contributed by atoms with van der Waals surface area (Å²) in [5.74, 6) is 0. The largest absolute Gasteiger partial charge is 0.290 e. The van der Waals surface area contributed by atoms with Crippen LogP contribution in [0.4, 0.5) is 5.69 Å². The average Bonchev–Trinajstić information content (AvgIpc) is 2.28. The van der Waals surface area contributed by atoms with Gasteiger partial charge < -0.3 is 0 Å². The van der Waals surface area contributed by atoms with Crippen LogP contribution in [0.25, 0.3) is 0 Å². The SMILES string of the molecule is CCC(C)Sc1ccc(N=CNO)cn1. The number of thioether (sulfide) groups is 1. The molecule has 0 radical (unpaired) electrons. The molecular formula is C10H15N3OS. The maximum atomic E-state index is 8.31. The molecule has 1 atom stereocenters. The molecule has 2 N–H and O–H groups in total. The van der Waals surface area contributed by atoms with Crippen LogP contribution >= 0.6 is 11.8 Å². The molecule has 1 rings (SSSR count). The highest BCUT2D eigenvalue weighted by atomic mass is 32.2. The minimum Gasteiger partial charge on any atom is -0.290 e. The summed E-state index contributed by atoms with van der Waals surface area (Å²) < 4.78 is 0. The van der Waals surface area contributed by atoms with E-state index in [2.05, 4.69) is 23.8 Å². The molecule has 82 valence electrons. The van der Waals surface area contributed by atoms with Gasteiger partial charge in [-0.2, -0.15) is 0 Å². The molecule has 5 heteroatoms. The van der Waals surface area contributed by atoms with E-state index in [0.717, 1.165) is 11.4 Å². The van der Waals surface area contributed by atoms with Crippen molar-refractivity contribution in [2.75, 3.05) is 0 Å². The van der Waals surface area contributed by atoms with Crippen LogP contribution in [-0.4, -0.2) is 21.8 Å². The molecule has 4 nitrogen and oxygen atoms in total. The number of aliphatic imine (C=N–C) groups is 1. The molecule has 1 unspecified atom stereocenters. The van der Waals surface area contributed by atoms with Gasteiger partial charge in [0.1, 0.15) is 6.34 Å². The molecule has 0 bridgehead atoms. The quantitative estimate of drug-likeness (QED) is 0.350. The molecule has 0 spiro atoms. The second-order valence-corrected chi connectivity index (χ2v) is 4.54. The van der Waals surface area contributed by atoms with Gasteiger partial charge >= 0.3 is 0 Å². The smallest absolute Gasteiger partial charge is 0.113 e. The molecule has 0 aliphatic rings. The van der Waals surface area contributed by atoms with E-state index in [1.165, 1.54) is 6.34 Å². The molecule has 0 aliphatic carbocycles. The van der Waals surface area contributed by atoms with E-state index in [1.54, 1.807) is 18.0 Å². The molecule has 0 aliphatic heterocycles. The zero-order chi connectivity index (χ0) is 11.1. The number of hydroxylamine groups is 1. The number of nitrogens with one attached hydrogen (secondary N) is 1. The lowest BCUT2D eigenvalue weighted by Gasteiger charge is -2.06. The van der Waals surface area contributed by atoms with Crippen molar-refractivity contribution in [2.24, 2.45) is 4.99 Å². The first-order valence-corrected chi connectivity index (χ1v) is 5.69. The zero-order valence-corrected chi connectivity index (χ0v) is 9.66. The van der Waals surface area contributed by atoms with Crippen molar-refractivity contribution in [2.45, 2.75) is 30.5 Å². The van der Waals surface area contributed by atoms with Crippen molar-refractivity contribution in [1.82, 2.24) is 10.5 Å². The third kappa shape index (κ3) is 4.31. The normalized spacial score (nSPS) is 13.0. The molecule has 0 amide bonds. The van der Waals surface area contributed by atoms with Crippen LogP contribution in [-0.2, 0) is 0 Å². The standard InChI is InChI=1S/C10H15N3OS/c1-3-8(2)15-10-5-4-9(6-11-10)12-7-13-14/h4-8,14H,3H2,1-2H3,(H,12,13). The summed E-state index contributed by atoms with van der Waals surface area (Å²) in [4.78, 5) is 8.17. The Bertz CT molecular complexity index is 313. The first-order valence-electron chi connectivity index (χ1n) is 4.81. The predicted molar refractivity (Wildman–Crippen MR) is 62.9 cm³/mol. The first kappa shape index (κ1) is 12.0. The Hall–Kier alpha value is -1.07. The number of hydrogen-bond acceptors (Lipinski definition) is 4. The fourth-order valence-electron chi connectivity index (χ4n) is 0.911. The van der Waals surface area contributed by atoms with Crippen LogP contribution in [0.3, 0.4) is 0 Å². The van der Waals surface area contributed by atoms with Crippen LogP contribution in [0.2, 0.25) is 0 Å². The predicted octanol–water partition coefficient (Wildman–Crippen LogP) is 2.61. The van der Waals surface area contributed by atoms with Gasteiger partial charge in [-0.05, 0) is 18.6 Å². The summed E-state index contributed by atoms with van der Waals surface area (Å²) in [5.41, 5.74) is 2.56. The van der Waals surface area contributed by atoms with Crippen molar-refractivity contribution in [3.63, 3.8) is 0 Å². The highest BCUT2D eigenvalue weighted by Gasteiger charge is 2.02. The van der Waals surface area contributed by atoms with Gasteiger partial charge in [-0.3, -0.25) is 10.7 Å². The van der Waals surface area contributed by atoms with Gasteiger partial charge in [0.05, 0.1) is 16.9 Å².